The molecule has 8 heteroatoms. The molecule has 3 aromatic rings. The van der Waals surface area contributed by atoms with E-state index in [-0.39, 0.29) is 11.4 Å². The van der Waals surface area contributed by atoms with E-state index in [9.17, 15) is 9.90 Å². The van der Waals surface area contributed by atoms with Crippen LogP contribution in [0.25, 0.3) is 26.6 Å². The zero-order chi connectivity index (χ0) is 19.3. The molecular weight excluding hydrogens is 374 g/mol. The molecule has 0 amide bonds. The van der Waals surface area contributed by atoms with Crippen molar-refractivity contribution >= 4 is 21.6 Å². The van der Waals surface area contributed by atoms with Gasteiger partial charge in [0.05, 0.1) is 21.5 Å². The molecular formula is C20H14N5O2S-. The lowest BCUT2D eigenvalue weighted by atomic mass is 10.1. The van der Waals surface area contributed by atoms with E-state index >= 15 is 0 Å². The van der Waals surface area contributed by atoms with Gasteiger partial charge >= 0.3 is 0 Å². The Morgan fingerprint density at radius 1 is 1.18 bits per heavy atom. The summed E-state index contributed by atoms with van der Waals surface area (Å²) in [6.45, 7) is 2.12. The first-order valence-electron chi connectivity index (χ1n) is 8.67. The average Bonchev–Trinajstić information content (AvgIpc) is 3.27. The van der Waals surface area contributed by atoms with Gasteiger partial charge in [0.25, 0.3) is 5.56 Å². The van der Waals surface area contributed by atoms with Gasteiger partial charge < -0.3 is 9.67 Å². The Morgan fingerprint density at radius 3 is 2.82 bits per heavy atom. The SMILES string of the molecule is Cc1c2c(=O)n(-c3nc4ccccc4s3)nc-2cc([O-])n1Cc1cccnc1. The van der Waals surface area contributed by atoms with Crippen molar-refractivity contribution in [3.05, 3.63) is 76.5 Å². The van der Waals surface area contributed by atoms with Gasteiger partial charge in [0, 0.05) is 24.6 Å². The minimum atomic E-state index is -0.272. The largest absolute Gasteiger partial charge is 0.860 e. The molecule has 0 unspecified atom stereocenters. The van der Waals surface area contributed by atoms with E-state index in [1.165, 1.54) is 22.1 Å². The second-order valence-corrected chi connectivity index (χ2v) is 7.47. The van der Waals surface area contributed by atoms with Crippen LogP contribution >= 0.6 is 11.3 Å². The topological polar surface area (TPSA) is 88.7 Å². The monoisotopic (exact) mass is 388 g/mol. The van der Waals surface area contributed by atoms with Gasteiger partial charge in [-0.2, -0.15) is 9.78 Å². The summed E-state index contributed by atoms with van der Waals surface area (Å²) in [6, 6.07) is 12.8. The van der Waals surface area contributed by atoms with Crippen molar-refractivity contribution in [2.24, 2.45) is 0 Å². The number of pyridine rings is 2. The van der Waals surface area contributed by atoms with E-state index in [0.29, 0.717) is 28.6 Å². The third kappa shape index (κ3) is 2.57. The molecule has 5 rings (SSSR count). The highest BCUT2D eigenvalue weighted by Crippen LogP contribution is 2.29. The number of fused-ring (bicyclic) bond motifs is 2. The number of aromatic nitrogens is 5. The summed E-state index contributed by atoms with van der Waals surface area (Å²) in [5.41, 5.74) is 2.83. The van der Waals surface area contributed by atoms with Crippen molar-refractivity contribution in [2.45, 2.75) is 13.5 Å². The Morgan fingerprint density at radius 2 is 2.04 bits per heavy atom. The number of benzene rings is 1. The Labute approximate surface area is 163 Å². The summed E-state index contributed by atoms with van der Waals surface area (Å²) in [6.07, 6.45) is 3.39. The lowest BCUT2D eigenvalue weighted by molar-refractivity contribution is -0.279. The molecule has 0 fully saturated rings. The third-order valence-electron chi connectivity index (χ3n) is 4.69. The van der Waals surface area contributed by atoms with Crippen LogP contribution in [-0.4, -0.2) is 24.3 Å². The Hall–Kier alpha value is -3.52. The van der Waals surface area contributed by atoms with Gasteiger partial charge in [-0.1, -0.05) is 29.5 Å². The maximum absolute atomic E-state index is 13.1. The van der Waals surface area contributed by atoms with Crippen molar-refractivity contribution in [3.63, 3.8) is 0 Å². The molecule has 0 saturated heterocycles. The van der Waals surface area contributed by atoms with Crippen LogP contribution in [0.1, 0.15) is 11.3 Å². The summed E-state index contributed by atoms with van der Waals surface area (Å²) in [7, 11) is 0. The number of thiazole rings is 1. The first-order valence-corrected chi connectivity index (χ1v) is 9.48. The van der Waals surface area contributed by atoms with Crippen molar-refractivity contribution < 1.29 is 5.11 Å². The van der Waals surface area contributed by atoms with Crippen molar-refractivity contribution in [3.8, 4) is 22.3 Å². The van der Waals surface area contributed by atoms with E-state index < -0.39 is 0 Å². The minimum absolute atomic E-state index is 0.206. The van der Waals surface area contributed by atoms with Crippen LogP contribution in [-0.2, 0) is 6.54 Å². The lowest BCUT2D eigenvalue weighted by Crippen LogP contribution is -2.18. The molecule has 0 N–H and O–H groups in total. The molecule has 4 heterocycles. The minimum Gasteiger partial charge on any atom is -0.860 e. The zero-order valence-electron chi connectivity index (χ0n) is 14.9. The molecule has 0 saturated carbocycles. The molecule has 0 bridgehead atoms. The summed E-state index contributed by atoms with van der Waals surface area (Å²) in [4.78, 5) is 21.7. The molecule has 2 aliphatic rings. The van der Waals surface area contributed by atoms with Crippen LogP contribution in [0.2, 0.25) is 0 Å². The number of hydrogen-bond donors (Lipinski definition) is 0. The molecule has 28 heavy (non-hydrogen) atoms. The Bertz CT molecular complexity index is 1300. The maximum Gasteiger partial charge on any atom is 0.284 e. The van der Waals surface area contributed by atoms with Crippen molar-refractivity contribution in [2.75, 3.05) is 0 Å². The predicted molar refractivity (Wildman–Crippen MR) is 105 cm³/mol. The number of hydrogen-bond acceptors (Lipinski definition) is 6. The molecule has 7 nitrogen and oxygen atoms in total. The van der Waals surface area contributed by atoms with Crippen LogP contribution in [0.5, 0.6) is 5.88 Å². The number of rotatable bonds is 3. The predicted octanol–water partition coefficient (Wildman–Crippen LogP) is 2.57. The summed E-state index contributed by atoms with van der Waals surface area (Å²) < 4.78 is 3.84. The third-order valence-corrected chi connectivity index (χ3v) is 5.70. The van der Waals surface area contributed by atoms with Gasteiger partial charge in [-0.3, -0.25) is 9.78 Å². The van der Waals surface area contributed by atoms with E-state index in [1.807, 2.05) is 36.4 Å². The molecule has 0 atom stereocenters. The lowest BCUT2D eigenvalue weighted by Gasteiger charge is -2.22. The maximum atomic E-state index is 13.1. The van der Waals surface area contributed by atoms with E-state index in [4.69, 9.17) is 0 Å². The van der Waals surface area contributed by atoms with Gasteiger partial charge in [0.2, 0.25) is 5.13 Å². The fourth-order valence-corrected chi connectivity index (χ4v) is 4.22. The highest BCUT2D eigenvalue weighted by Gasteiger charge is 2.22. The van der Waals surface area contributed by atoms with Crippen molar-refractivity contribution in [1.82, 2.24) is 24.3 Å². The number of para-hydroxylation sites is 1. The van der Waals surface area contributed by atoms with E-state index in [0.717, 1.165) is 15.8 Å². The molecule has 0 aliphatic carbocycles. The summed E-state index contributed by atoms with van der Waals surface area (Å²) in [5, 5.41) is 17.5. The number of nitrogens with zero attached hydrogens (tertiary/aromatic N) is 5. The van der Waals surface area contributed by atoms with Gasteiger partial charge in [-0.25, -0.2) is 4.98 Å². The van der Waals surface area contributed by atoms with Crippen molar-refractivity contribution in [1.29, 1.82) is 0 Å². The second kappa shape index (κ2) is 6.28. The fraction of sp³-hybridized carbons (Fsp3) is 0.100. The molecule has 0 radical (unpaired) electrons. The van der Waals surface area contributed by atoms with Gasteiger partial charge in [0.15, 0.2) is 0 Å². The molecule has 2 aliphatic heterocycles. The first kappa shape index (κ1) is 16.6. The highest BCUT2D eigenvalue weighted by atomic mass is 32.1. The van der Waals surface area contributed by atoms with E-state index in [1.54, 1.807) is 23.9 Å². The zero-order valence-corrected chi connectivity index (χ0v) is 15.7. The first-order chi connectivity index (χ1) is 13.6. The standard InChI is InChI=1S/C20H15N5O2S/c1-12-18-15(9-17(26)24(12)11-13-5-4-8-21-10-13)23-25(19(18)27)20-22-14-6-2-3-7-16(14)28-20/h2-10,26H,11H2,1H3/p-1. The molecule has 2 aromatic heterocycles. The van der Waals surface area contributed by atoms with Crippen LogP contribution in [0, 0.1) is 6.92 Å². The smallest absolute Gasteiger partial charge is 0.284 e. The van der Waals surface area contributed by atoms with Crippen LogP contribution in [0.15, 0.2) is 59.7 Å². The Kier molecular flexibility index (Phi) is 3.73. The normalized spacial score (nSPS) is 11.5. The molecule has 1 aromatic carbocycles. The quantitative estimate of drug-likeness (QED) is 0.474. The average molecular weight is 388 g/mol. The van der Waals surface area contributed by atoms with Crippen LogP contribution in [0.4, 0.5) is 0 Å². The van der Waals surface area contributed by atoms with Crippen LogP contribution < -0.4 is 10.7 Å². The van der Waals surface area contributed by atoms with Gasteiger partial charge in [0.1, 0.15) is 0 Å². The second-order valence-electron chi connectivity index (χ2n) is 6.46. The van der Waals surface area contributed by atoms with Crippen LogP contribution in [0.3, 0.4) is 0 Å². The Balaban J connectivity index is 1.68. The van der Waals surface area contributed by atoms with Gasteiger partial charge in [-0.15, -0.1) is 0 Å². The van der Waals surface area contributed by atoms with Gasteiger partial charge in [-0.05, 0) is 42.6 Å². The summed E-state index contributed by atoms with van der Waals surface area (Å²) in [5.74, 6) is -0.206. The molecule has 0 spiro atoms. The molecule has 138 valence electrons. The van der Waals surface area contributed by atoms with E-state index in [2.05, 4.69) is 15.1 Å². The fourth-order valence-electron chi connectivity index (χ4n) is 3.31. The highest BCUT2D eigenvalue weighted by molar-refractivity contribution is 7.20. The summed E-state index contributed by atoms with van der Waals surface area (Å²) >= 11 is 1.39.